The van der Waals surface area contributed by atoms with Crippen LogP contribution in [0.5, 0.6) is 0 Å². The molecule has 16 heavy (non-hydrogen) atoms. The van der Waals surface area contributed by atoms with Crippen molar-refractivity contribution in [2.75, 3.05) is 20.3 Å². The van der Waals surface area contributed by atoms with E-state index in [1.165, 1.54) is 38.5 Å². The van der Waals surface area contributed by atoms with Crippen molar-refractivity contribution in [2.45, 2.75) is 57.1 Å². The van der Waals surface area contributed by atoms with Crippen molar-refractivity contribution in [2.24, 2.45) is 5.41 Å². The maximum atomic E-state index is 9.00. The Balaban J connectivity index is 1.64. The van der Waals surface area contributed by atoms with Crippen LogP contribution >= 0.6 is 0 Å². The van der Waals surface area contributed by atoms with Gasteiger partial charge in [0.2, 0.25) is 0 Å². The number of aliphatic hydroxyl groups excluding tert-OH is 1. The van der Waals surface area contributed by atoms with E-state index in [0.717, 1.165) is 13.0 Å². The lowest BCUT2D eigenvalue weighted by molar-refractivity contribution is 0.0617. The molecule has 3 heteroatoms. The summed E-state index contributed by atoms with van der Waals surface area (Å²) in [6.45, 7) is 1.45. The van der Waals surface area contributed by atoms with Crippen molar-refractivity contribution in [3.05, 3.63) is 0 Å². The molecule has 0 unspecified atom stereocenters. The third-order valence-electron chi connectivity index (χ3n) is 4.37. The van der Waals surface area contributed by atoms with E-state index in [1.54, 1.807) is 0 Å². The van der Waals surface area contributed by atoms with Crippen LogP contribution in [0.1, 0.15) is 44.9 Å². The molecular weight excluding hydrogens is 202 g/mol. The van der Waals surface area contributed by atoms with E-state index >= 15 is 0 Å². The highest BCUT2D eigenvalue weighted by molar-refractivity contribution is 4.95. The number of aliphatic hydroxyl groups is 1. The second-order valence-electron chi connectivity index (χ2n) is 5.56. The maximum absolute atomic E-state index is 9.00. The zero-order valence-electron chi connectivity index (χ0n) is 10.4. The van der Waals surface area contributed by atoms with Crippen molar-refractivity contribution < 1.29 is 9.84 Å². The van der Waals surface area contributed by atoms with E-state index in [4.69, 9.17) is 9.84 Å². The first-order chi connectivity index (χ1) is 7.78. The molecule has 0 aliphatic heterocycles. The fraction of sp³-hybridized carbons (Fsp3) is 1.00. The molecule has 0 saturated heterocycles. The molecule has 2 rings (SSSR count). The largest absolute Gasteiger partial charge is 0.396 e. The second-order valence-corrected chi connectivity index (χ2v) is 5.56. The average molecular weight is 227 g/mol. The summed E-state index contributed by atoms with van der Waals surface area (Å²) in [5.74, 6) is 0. The molecule has 0 atom stereocenters. The number of ether oxygens (including phenoxy) is 1. The number of hydrogen-bond donors (Lipinski definition) is 2. The normalized spacial score (nSPS) is 32.6. The molecule has 94 valence electrons. The summed E-state index contributed by atoms with van der Waals surface area (Å²) >= 11 is 0. The highest BCUT2D eigenvalue weighted by atomic mass is 16.5. The van der Waals surface area contributed by atoms with E-state index in [2.05, 4.69) is 5.32 Å². The summed E-state index contributed by atoms with van der Waals surface area (Å²) < 4.78 is 5.37. The van der Waals surface area contributed by atoms with Gasteiger partial charge >= 0.3 is 0 Å². The Kier molecular flexibility index (Phi) is 4.22. The number of nitrogens with one attached hydrogen (secondary N) is 1. The first-order valence-corrected chi connectivity index (χ1v) is 6.65. The molecule has 2 fully saturated rings. The first-order valence-electron chi connectivity index (χ1n) is 6.65. The lowest BCUT2D eigenvalue weighted by Gasteiger charge is -2.29. The van der Waals surface area contributed by atoms with Crippen LogP contribution in [0.25, 0.3) is 0 Å². The van der Waals surface area contributed by atoms with E-state index < -0.39 is 0 Å². The van der Waals surface area contributed by atoms with Gasteiger partial charge in [-0.25, -0.2) is 0 Å². The van der Waals surface area contributed by atoms with Crippen molar-refractivity contribution in [1.29, 1.82) is 0 Å². The summed E-state index contributed by atoms with van der Waals surface area (Å²) in [4.78, 5) is 0. The molecule has 0 aromatic heterocycles. The second kappa shape index (κ2) is 5.48. The van der Waals surface area contributed by atoms with Crippen molar-refractivity contribution in [3.8, 4) is 0 Å². The SMILES string of the molecule is COC1CCC(NCC2(CCO)CC2)CC1. The molecule has 2 N–H and O–H groups in total. The smallest absolute Gasteiger partial charge is 0.0572 e. The van der Waals surface area contributed by atoms with Gasteiger partial charge in [-0.1, -0.05) is 0 Å². The molecule has 0 spiro atoms. The van der Waals surface area contributed by atoms with Gasteiger partial charge in [-0.3, -0.25) is 0 Å². The van der Waals surface area contributed by atoms with Crippen LogP contribution in [0.3, 0.4) is 0 Å². The fourth-order valence-corrected chi connectivity index (χ4v) is 2.79. The highest BCUT2D eigenvalue weighted by Crippen LogP contribution is 2.48. The summed E-state index contributed by atoms with van der Waals surface area (Å²) in [6, 6.07) is 0.683. The molecule has 2 aliphatic rings. The first kappa shape index (κ1) is 12.3. The van der Waals surface area contributed by atoms with Gasteiger partial charge in [-0.2, -0.15) is 0 Å². The minimum absolute atomic E-state index is 0.345. The van der Waals surface area contributed by atoms with Gasteiger partial charge in [0, 0.05) is 26.3 Å². The maximum Gasteiger partial charge on any atom is 0.0572 e. The van der Waals surface area contributed by atoms with E-state index in [0.29, 0.717) is 24.2 Å². The zero-order chi connectivity index (χ0) is 11.4. The van der Waals surface area contributed by atoms with Crippen molar-refractivity contribution in [1.82, 2.24) is 5.32 Å². The molecule has 0 radical (unpaired) electrons. The number of rotatable bonds is 6. The van der Waals surface area contributed by atoms with Crippen LogP contribution in [0.15, 0.2) is 0 Å². The Bertz CT molecular complexity index is 208. The summed E-state index contributed by atoms with van der Waals surface area (Å²) in [7, 11) is 1.82. The number of methoxy groups -OCH3 is 1. The van der Waals surface area contributed by atoms with E-state index in [9.17, 15) is 0 Å². The monoisotopic (exact) mass is 227 g/mol. The van der Waals surface area contributed by atoms with Crippen molar-refractivity contribution >= 4 is 0 Å². The minimum Gasteiger partial charge on any atom is -0.396 e. The van der Waals surface area contributed by atoms with Gasteiger partial charge < -0.3 is 15.2 Å². The van der Waals surface area contributed by atoms with Gasteiger partial charge in [-0.05, 0) is 50.4 Å². The molecule has 0 amide bonds. The van der Waals surface area contributed by atoms with Crippen LogP contribution in [0.2, 0.25) is 0 Å². The Morgan fingerprint density at radius 1 is 1.25 bits per heavy atom. The molecule has 0 heterocycles. The third kappa shape index (κ3) is 3.19. The van der Waals surface area contributed by atoms with Crippen molar-refractivity contribution in [3.63, 3.8) is 0 Å². The summed E-state index contributed by atoms with van der Waals surface area (Å²) in [5, 5.41) is 12.7. The Labute approximate surface area is 98.6 Å². The van der Waals surface area contributed by atoms with Gasteiger partial charge in [0.1, 0.15) is 0 Å². The predicted molar refractivity (Wildman–Crippen MR) is 64.4 cm³/mol. The Hall–Kier alpha value is -0.120. The standard InChI is InChI=1S/C13H25NO2/c1-16-12-4-2-11(3-5-12)14-10-13(6-7-13)8-9-15/h11-12,14-15H,2-10H2,1H3. The van der Waals surface area contributed by atoms with Gasteiger partial charge in [0.15, 0.2) is 0 Å². The van der Waals surface area contributed by atoms with Crippen LogP contribution < -0.4 is 5.32 Å². The van der Waals surface area contributed by atoms with Gasteiger partial charge in [0.25, 0.3) is 0 Å². The molecule has 0 bridgehead atoms. The number of hydrogen-bond acceptors (Lipinski definition) is 3. The van der Waals surface area contributed by atoms with Crippen LogP contribution in [0, 0.1) is 5.41 Å². The summed E-state index contributed by atoms with van der Waals surface area (Å²) in [6.07, 6.45) is 8.95. The predicted octanol–water partition coefficient (Wildman–Crippen LogP) is 1.70. The Morgan fingerprint density at radius 2 is 1.94 bits per heavy atom. The van der Waals surface area contributed by atoms with Crippen LogP contribution in [-0.4, -0.2) is 37.5 Å². The average Bonchev–Trinajstić information content (AvgIpc) is 3.08. The minimum atomic E-state index is 0.345. The van der Waals surface area contributed by atoms with E-state index in [-0.39, 0.29) is 0 Å². The lowest BCUT2D eigenvalue weighted by Crippen LogP contribution is -2.38. The fourth-order valence-electron chi connectivity index (χ4n) is 2.79. The van der Waals surface area contributed by atoms with Gasteiger partial charge in [-0.15, -0.1) is 0 Å². The van der Waals surface area contributed by atoms with Crippen LogP contribution in [-0.2, 0) is 4.74 Å². The third-order valence-corrected chi connectivity index (χ3v) is 4.37. The zero-order valence-corrected chi connectivity index (χ0v) is 10.4. The van der Waals surface area contributed by atoms with Gasteiger partial charge in [0.05, 0.1) is 6.10 Å². The molecule has 2 saturated carbocycles. The lowest BCUT2D eigenvalue weighted by atomic mass is 9.92. The quantitative estimate of drug-likeness (QED) is 0.725. The van der Waals surface area contributed by atoms with E-state index in [1.807, 2.05) is 7.11 Å². The highest BCUT2D eigenvalue weighted by Gasteiger charge is 2.41. The molecular formula is C13H25NO2. The Morgan fingerprint density at radius 3 is 2.44 bits per heavy atom. The molecule has 3 nitrogen and oxygen atoms in total. The molecule has 2 aliphatic carbocycles. The topological polar surface area (TPSA) is 41.5 Å². The van der Waals surface area contributed by atoms with Crippen LogP contribution in [0.4, 0.5) is 0 Å². The molecule has 0 aromatic carbocycles. The summed E-state index contributed by atoms with van der Waals surface area (Å²) in [5.41, 5.74) is 0.451. The molecule has 0 aromatic rings.